The summed E-state index contributed by atoms with van der Waals surface area (Å²) in [5.41, 5.74) is -0.523. The maximum Gasteiger partial charge on any atom is 0.344 e. The van der Waals surface area contributed by atoms with Gasteiger partial charge in [0.2, 0.25) is 0 Å². The Morgan fingerprint density at radius 2 is 1.96 bits per heavy atom. The zero-order chi connectivity index (χ0) is 18.1. The Hall–Kier alpha value is -3.55. The number of hydrogen-bond donors (Lipinski definition) is 1. The maximum atomic E-state index is 13.2. The molecule has 0 aliphatic rings. The molecule has 0 saturated heterocycles. The Kier molecular flexibility index (Phi) is 4.02. The van der Waals surface area contributed by atoms with Gasteiger partial charge >= 0.3 is 5.63 Å². The van der Waals surface area contributed by atoms with E-state index in [1.165, 1.54) is 24.3 Å². The molecule has 126 valence electrons. The molecule has 2 aromatic carbocycles. The number of carbonyl (C=O) groups is 1. The molecule has 0 spiro atoms. The molecule has 3 aromatic rings. The zero-order valence-corrected chi connectivity index (χ0v) is 12.9. The van der Waals surface area contributed by atoms with Crippen LogP contribution in [0.4, 0.5) is 15.8 Å². The third-order valence-electron chi connectivity index (χ3n) is 3.55. The fourth-order valence-corrected chi connectivity index (χ4v) is 2.35. The van der Waals surface area contributed by atoms with Crippen molar-refractivity contribution in [2.45, 2.75) is 6.92 Å². The number of halogens is 1. The van der Waals surface area contributed by atoms with Crippen LogP contribution in [0.2, 0.25) is 0 Å². The summed E-state index contributed by atoms with van der Waals surface area (Å²) in [6, 6.07) is 9.07. The summed E-state index contributed by atoms with van der Waals surface area (Å²) < 4.78 is 18.1. The highest BCUT2D eigenvalue weighted by Crippen LogP contribution is 2.26. The standard InChI is InChI=1S/C17H11FN2O5/c1-9-2-5-13(14(6-9)20(23)24)19-16(21)15-7-10-3-4-11(18)8-12(10)17(22)25-15/h2-8H,1H3,(H,19,21). The largest absolute Gasteiger partial charge is 0.417 e. The van der Waals surface area contributed by atoms with E-state index < -0.39 is 22.3 Å². The van der Waals surface area contributed by atoms with Crippen LogP contribution in [0.5, 0.6) is 0 Å². The van der Waals surface area contributed by atoms with Crippen LogP contribution in [0, 0.1) is 22.9 Å². The van der Waals surface area contributed by atoms with Crippen molar-refractivity contribution in [3.8, 4) is 0 Å². The highest BCUT2D eigenvalue weighted by atomic mass is 19.1. The van der Waals surface area contributed by atoms with Crippen molar-refractivity contribution < 1.29 is 18.5 Å². The number of rotatable bonds is 3. The first-order valence-electron chi connectivity index (χ1n) is 7.15. The molecule has 0 radical (unpaired) electrons. The van der Waals surface area contributed by atoms with Gasteiger partial charge in [0, 0.05) is 6.07 Å². The van der Waals surface area contributed by atoms with Crippen LogP contribution in [-0.4, -0.2) is 10.8 Å². The van der Waals surface area contributed by atoms with E-state index in [0.29, 0.717) is 10.9 Å². The maximum absolute atomic E-state index is 13.2. The predicted molar refractivity (Wildman–Crippen MR) is 88.2 cm³/mol. The molecule has 0 aliphatic heterocycles. The fourth-order valence-electron chi connectivity index (χ4n) is 2.35. The van der Waals surface area contributed by atoms with E-state index >= 15 is 0 Å². The summed E-state index contributed by atoms with van der Waals surface area (Å²) in [6.45, 7) is 1.68. The Morgan fingerprint density at radius 3 is 2.68 bits per heavy atom. The lowest BCUT2D eigenvalue weighted by Gasteiger charge is -2.06. The van der Waals surface area contributed by atoms with Gasteiger partial charge in [-0.25, -0.2) is 9.18 Å². The quantitative estimate of drug-likeness (QED) is 0.580. The van der Waals surface area contributed by atoms with E-state index in [4.69, 9.17) is 4.42 Å². The molecule has 3 rings (SSSR count). The lowest BCUT2D eigenvalue weighted by Crippen LogP contribution is -2.16. The van der Waals surface area contributed by atoms with E-state index in [2.05, 4.69) is 5.32 Å². The van der Waals surface area contributed by atoms with Crippen LogP contribution in [0.3, 0.4) is 0 Å². The number of aryl methyl sites for hydroxylation is 1. The van der Waals surface area contributed by atoms with Gasteiger partial charge in [0.25, 0.3) is 11.6 Å². The van der Waals surface area contributed by atoms with E-state index in [1.54, 1.807) is 13.0 Å². The van der Waals surface area contributed by atoms with Gasteiger partial charge in [-0.15, -0.1) is 0 Å². The van der Waals surface area contributed by atoms with Crippen LogP contribution < -0.4 is 10.9 Å². The van der Waals surface area contributed by atoms with Crippen molar-refractivity contribution in [1.29, 1.82) is 0 Å². The molecule has 1 amide bonds. The average molecular weight is 342 g/mol. The van der Waals surface area contributed by atoms with Crippen LogP contribution in [0.1, 0.15) is 16.1 Å². The number of benzene rings is 2. The van der Waals surface area contributed by atoms with E-state index in [-0.39, 0.29) is 22.5 Å². The molecule has 25 heavy (non-hydrogen) atoms. The number of nitro benzene ring substituents is 1. The molecule has 7 nitrogen and oxygen atoms in total. The first-order chi connectivity index (χ1) is 11.8. The van der Waals surface area contributed by atoms with Gasteiger partial charge in [0.1, 0.15) is 11.5 Å². The zero-order valence-electron chi connectivity index (χ0n) is 12.9. The van der Waals surface area contributed by atoms with Gasteiger partial charge in [-0.3, -0.25) is 14.9 Å². The SMILES string of the molecule is Cc1ccc(NC(=O)c2cc3ccc(F)cc3c(=O)o2)c([N+](=O)[O-])c1. The van der Waals surface area contributed by atoms with Gasteiger partial charge in [0.15, 0.2) is 5.76 Å². The van der Waals surface area contributed by atoms with E-state index in [1.807, 2.05) is 0 Å². The number of nitro groups is 1. The van der Waals surface area contributed by atoms with Crippen LogP contribution >= 0.6 is 0 Å². The molecule has 1 aromatic heterocycles. The lowest BCUT2D eigenvalue weighted by atomic mass is 10.1. The second-order valence-corrected chi connectivity index (χ2v) is 5.36. The van der Waals surface area contributed by atoms with Crippen molar-refractivity contribution in [3.05, 3.63) is 80.1 Å². The van der Waals surface area contributed by atoms with Crippen LogP contribution in [-0.2, 0) is 0 Å². The highest BCUT2D eigenvalue weighted by Gasteiger charge is 2.19. The summed E-state index contributed by atoms with van der Waals surface area (Å²) in [7, 11) is 0. The fraction of sp³-hybridized carbons (Fsp3) is 0.0588. The molecule has 0 unspecified atom stereocenters. The molecule has 0 saturated carbocycles. The van der Waals surface area contributed by atoms with Gasteiger partial charge in [0.05, 0.1) is 10.3 Å². The summed E-state index contributed by atoms with van der Waals surface area (Å²) in [6.07, 6.45) is 0. The third kappa shape index (κ3) is 3.23. The topological polar surface area (TPSA) is 102 Å². The smallest absolute Gasteiger partial charge is 0.344 e. The number of anilines is 1. The molecule has 8 heteroatoms. The van der Waals surface area contributed by atoms with E-state index in [0.717, 1.165) is 12.1 Å². The third-order valence-corrected chi connectivity index (χ3v) is 3.55. The normalized spacial score (nSPS) is 10.6. The number of hydrogen-bond acceptors (Lipinski definition) is 5. The van der Waals surface area contributed by atoms with Crippen molar-refractivity contribution in [2.24, 2.45) is 0 Å². The molecule has 1 N–H and O–H groups in total. The van der Waals surface area contributed by atoms with Crippen molar-refractivity contribution >= 4 is 28.1 Å². The number of amides is 1. The Bertz CT molecular complexity index is 1070. The lowest BCUT2D eigenvalue weighted by molar-refractivity contribution is -0.384. The molecular weight excluding hydrogens is 331 g/mol. The van der Waals surface area contributed by atoms with Gasteiger partial charge in [-0.1, -0.05) is 12.1 Å². The summed E-state index contributed by atoms with van der Waals surface area (Å²) >= 11 is 0. The second kappa shape index (κ2) is 6.16. The molecule has 0 atom stereocenters. The van der Waals surface area contributed by atoms with Crippen molar-refractivity contribution in [3.63, 3.8) is 0 Å². The Morgan fingerprint density at radius 1 is 1.20 bits per heavy atom. The summed E-state index contributed by atoms with van der Waals surface area (Å²) in [4.78, 5) is 34.7. The first kappa shape index (κ1) is 16.3. The monoisotopic (exact) mass is 342 g/mol. The molecule has 0 bridgehead atoms. The number of fused-ring (bicyclic) bond motifs is 1. The number of carbonyl (C=O) groups excluding carboxylic acids is 1. The molecule has 0 aliphatic carbocycles. The minimum absolute atomic E-state index is 0.00198. The molecule has 1 heterocycles. The first-order valence-corrected chi connectivity index (χ1v) is 7.15. The Labute approximate surface area is 139 Å². The summed E-state index contributed by atoms with van der Waals surface area (Å²) in [5.74, 6) is -1.76. The van der Waals surface area contributed by atoms with Gasteiger partial charge < -0.3 is 9.73 Å². The minimum Gasteiger partial charge on any atom is -0.417 e. The van der Waals surface area contributed by atoms with Gasteiger partial charge in [-0.05, 0) is 42.1 Å². The second-order valence-electron chi connectivity index (χ2n) is 5.36. The van der Waals surface area contributed by atoms with Crippen molar-refractivity contribution in [1.82, 2.24) is 0 Å². The van der Waals surface area contributed by atoms with Gasteiger partial charge in [-0.2, -0.15) is 0 Å². The highest BCUT2D eigenvalue weighted by molar-refractivity contribution is 6.05. The molecule has 0 fully saturated rings. The van der Waals surface area contributed by atoms with E-state index in [9.17, 15) is 24.1 Å². The number of nitrogens with one attached hydrogen (secondary N) is 1. The average Bonchev–Trinajstić information content (AvgIpc) is 2.56. The van der Waals surface area contributed by atoms with Crippen LogP contribution in [0.25, 0.3) is 10.8 Å². The number of nitrogens with zero attached hydrogens (tertiary/aromatic N) is 1. The van der Waals surface area contributed by atoms with Crippen molar-refractivity contribution in [2.75, 3.05) is 5.32 Å². The molecular formula is C17H11FN2O5. The Balaban J connectivity index is 2.00. The van der Waals surface area contributed by atoms with Crippen LogP contribution in [0.15, 0.2) is 51.7 Å². The summed E-state index contributed by atoms with van der Waals surface area (Å²) in [5, 5.41) is 13.8. The predicted octanol–water partition coefficient (Wildman–Crippen LogP) is 3.40. The minimum atomic E-state index is -0.874.